The lowest BCUT2D eigenvalue weighted by Gasteiger charge is -2.35. The fraction of sp³-hybridized carbons (Fsp3) is 0.381. The molecule has 1 N–H and O–H groups in total. The molecule has 0 radical (unpaired) electrons. The quantitative estimate of drug-likeness (QED) is 0.770. The summed E-state index contributed by atoms with van der Waals surface area (Å²) in [6, 6.07) is 11.4. The Hall–Kier alpha value is -2.73. The first-order valence-electron chi connectivity index (χ1n) is 9.42. The van der Waals surface area contributed by atoms with Crippen LogP contribution in [0.5, 0.6) is 5.88 Å². The van der Waals surface area contributed by atoms with Crippen molar-refractivity contribution in [2.75, 3.05) is 13.1 Å². The molecule has 2 aromatic heterocycles. The number of hydrogen-bond acceptors (Lipinski definition) is 5. The van der Waals surface area contributed by atoms with E-state index in [0.717, 1.165) is 42.8 Å². The van der Waals surface area contributed by atoms with E-state index in [0.29, 0.717) is 11.3 Å². The van der Waals surface area contributed by atoms with Crippen molar-refractivity contribution in [2.45, 2.75) is 38.8 Å². The number of para-hydroxylation sites is 1. The van der Waals surface area contributed by atoms with E-state index < -0.39 is 0 Å². The molecule has 1 aliphatic rings. The van der Waals surface area contributed by atoms with Crippen molar-refractivity contribution < 1.29 is 4.74 Å². The lowest BCUT2D eigenvalue weighted by atomic mass is 10.1. The van der Waals surface area contributed by atoms with E-state index in [9.17, 15) is 4.79 Å². The second-order valence-corrected chi connectivity index (χ2v) is 7.17. The molecule has 1 unspecified atom stereocenters. The molecule has 1 atom stereocenters. The van der Waals surface area contributed by atoms with Crippen LogP contribution < -0.4 is 10.3 Å². The van der Waals surface area contributed by atoms with Crippen LogP contribution in [0.1, 0.15) is 37.2 Å². The number of piperidine rings is 1. The second-order valence-electron chi connectivity index (χ2n) is 7.17. The highest BCUT2D eigenvalue weighted by Gasteiger charge is 2.26. The Balaban J connectivity index is 1.42. The van der Waals surface area contributed by atoms with E-state index >= 15 is 0 Å². The van der Waals surface area contributed by atoms with Crippen molar-refractivity contribution in [1.82, 2.24) is 19.9 Å². The van der Waals surface area contributed by atoms with Crippen LogP contribution in [-0.4, -0.2) is 39.0 Å². The zero-order valence-electron chi connectivity index (χ0n) is 15.7. The van der Waals surface area contributed by atoms with Gasteiger partial charge in [0.15, 0.2) is 0 Å². The van der Waals surface area contributed by atoms with Crippen molar-refractivity contribution in [3.8, 4) is 5.88 Å². The van der Waals surface area contributed by atoms with Gasteiger partial charge in [-0.05, 0) is 44.4 Å². The maximum atomic E-state index is 12.3. The number of nitrogens with zero attached hydrogens (tertiary/aromatic N) is 3. The number of aromatic amines is 1. The summed E-state index contributed by atoms with van der Waals surface area (Å²) in [5.74, 6) is 1.41. The summed E-state index contributed by atoms with van der Waals surface area (Å²) in [5.41, 5.74) is 1.79. The normalized spacial score (nSPS) is 17.1. The van der Waals surface area contributed by atoms with Crippen LogP contribution in [0, 0.1) is 6.92 Å². The summed E-state index contributed by atoms with van der Waals surface area (Å²) in [7, 11) is 0. The summed E-state index contributed by atoms with van der Waals surface area (Å²) in [6.45, 7) is 5.90. The van der Waals surface area contributed by atoms with Gasteiger partial charge in [0.2, 0.25) is 5.88 Å². The topological polar surface area (TPSA) is 71.1 Å². The van der Waals surface area contributed by atoms with Crippen LogP contribution in [-0.2, 0) is 0 Å². The van der Waals surface area contributed by atoms with E-state index in [-0.39, 0.29) is 17.7 Å². The summed E-state index contributed by atoms with van der Waals surface area (Å²) < 4.78 is 6.01. The first kappa shape index (κ1) is 17.7. The molecule has 3 aromatic rings. The molecule has 0 bridgehead atoms. The number of hydrogen-bond donors (Lipinski definition) is 1. The Morgan fingerprint density at radius 3 is 2.70 bits per heavy atom. The van der Waals surface area contributed by atoms with Gasteiger partial charge in [0, 0.05) is 25.4 Å². The molecule has 0 amide bonds. The molecule has 0 aliphatic carbocycles. The van der Waals surface area contributed by atoms with Gasteiger partial charge >= 0.3 is 0 Å². The van der Waals surface area contributed by atoms with Crippen molar-refractivity contribution in [3.63, 3.8) is 0 Å². The lowest BCUT2D eigenvalue weighted by molar-refractivity contribution is 0.0747. The summed E-state index contributed by atoms with van der Waals surface area (Å²) in [5, 5.41) is 0.631. The molecule has 0 spiro atoms. The zero-order chi connectivity index (χ0) is 18.8. The van der Waals surface area contributed by atoms with E-state index in [1.165, 1.54) is 0 Å². The van der Waals surface area contributed by atoms with Gasteiger partial charge < -0.3 is 9.72 Å². The monoisotopic (exact) mass is 364 g/mol. The predicted octanol–water partition coefficient (Wildman–Crippen LogP) is 3.23. The van der Waals surface area contributed by atoms with E-state index in [2.05, 4.69) is 26.8 Å². The average Bonchev–Trinajstić information content (AvgIpc) is 2.70. The molecular formula is C21H24N4O2. The van der Waals surface area contributed by atoms with Crippen molar-refractivity contribution in [3.05, 3.63) is 64.3 Å². The minimum Gasteiger partial charge on any atom is -0.474 e. The van der Waals surface area contributed by atoms with Crippen LogP contribution in [0.15, 0.2) is 47.4 Å². The molecule has 6 nitrogen and oxygen atoms in total. The first-order valence-corrected chi connectivity index (χ1v) is 9.42. The van der Waals surface area contributed by atoms with Crippen LogP contribution >= 0.6 is 0 Å². The highest BCUT2D eigenvalue weighted by atomic mass is 16.5. The second kappa shape index (κ2) is 7.48. The molecular weight excluding hydrogens is 340 g/mol. The van der Waals surface area contributed by atoms with E-state index in [1.807, 2.05) is 43.5 Å². The van der Waals surface area contributed by atoms with Gasteiger partial charge in [-0.1, -0.05) is 18.2 Å². The third-order valence-electron chi connectivity index (χ3n) is 5.22. The lowest BCUT2D eigenvalue weighted by Crippen LogP contribution is -2.40. The minimum atomic E-state index is -0.0777. The molecule has 1 aliphatic heterocycles. The summed E-state index contributed by atoms with van der Waals surface area (Å²) in [4.78, 5) is 26.6. The van der Waals surface area contributed by atoms with Gasteiger partial charge in [-0.3, -0.25) is 9.69 Å². The standard InChI is InChI=1S/C21H24N4O2/c1-14-7-8-19(22-13-14)27-16-9-11-25(12-10-16)15(2)20-23-18-6-4-3-5-17(18)21(26)24-20/h3-8,13,15-16H,9-12H2,1-2H3,(H,23,24,26). The van der Waals surface area contributed by atoms with Crippen molar-refractivity contribution in [1.29, 1.82) is 0 Å². The summed E-state index contributed by atoms with van der Waals surface area (Å²) in [6.07, 6.45) is 3.86. The van der Waals surface area contributed by atoms with Crippen LogP contribution in [0.3, 0.4) is 0 Å². The van der Waals surface area contributed by atoms with Gasteiger partial charge in [0.05, 0.1) is 16.9 Å². The largest absolute Gasteiger partial charge is 0.474 e. The number of ether oxygens (including phenoxy) is 1. The molecule has 140 valence electrons. The van der Waals surface area contributed by atoms with E-state index in [1.54, 1.807) is 6.07 Å². The molecule has 27 heavy (non-hydrogen) atoms. The highest BCUT2D eigenvalue weighted by molar-refractivity contribution is 5.77. The number of nitrogens with one attached hydrogen (secondary N) is 1. The number of aromatic nitrogens is 3. The Morgan fingerprint density at radius 2 is 1.96 bits per heavy atom. The minimum absolute atomic E-state index is 0.0563. The fourth-order valence-corrected chi connectivity index (χ4v) is 3.55. The maximum absolute atomic E-state index is 12.3. The van der Waals surface area contributed by atoms with Gasteiger partial charge in [-0.15, -0.1) is 0 Å². The van der Waals surface area contributed by atoms with Gasteiger partial charge in [0.25, 0.3) is 5.56 Å². The Kier molecular flexibility index (Phi) is 4.90. The number of pyridine rings is 1. The number of aryl methyl sites for hydroxylation is 1. The number of rotatable bonds is 4. The molecule has 4 rings (SSSR count). The average molecular weight is 364 g/mol. The van der Waals surface area contributed by atoms with Gasteiger partial charge in [0.1, 0.15) is 11.9 Å². The number of benzene rings is 1. The molecule has 1 aromatic carbocycles. The molecule has 6 heteroatoms. The number of H-pyrrole nitrogens is 1. The smallest absolute Gasteiger partial charge is 0.258 e. The Bertz CT molecular complexity index is 975. The molecule has 1 saturated heterocycles. The van der Waals surface area contributed by atoms with Crippen molar-refractivity contribution in [2.24, 2.45) is 0 Å². The van der Waals surface area contributed by atoms with Crippen LogP contribution in [0.2, 0.25) is 0 Å². The molecule has 3 heterocycles. The van der Waals surface area contributed by atoms with Crippen LogP contribution in [0.4, 0.5) is 0 Å². The maximum Gasteiger partial charge on any atom is 0.258 e. The third kappa shape index (κ3) is 3.85. The Labute approximate surface area is 158 Å². The molecule has 1 fully saturated rings. The van der Waals surface area contributed by atoms with E-state index in [4.69, 9.17) is 4.74 Å². The Morgan fingerprint density at radius 1 is 1.19 bits per heavy atom. The predicted molar refractivity (Wildman–Crippen MR) is 105 cm³/mol. The first-order chi connectivity index (χ1) is 13.1. The summed E-state index contributed by atoms with van der Waals surface area (Å²) >= 11 is 0. The number of likely N-dealkylation sites (tertiary alicyclic amines) is 1. The third-order valence-corrected chi connectivity index (χ3v) is 5.22. The SMILES string of the molecule is Cc1ccc(OC2CCN(C(C)c3nc4ccccc4c(=O)[nH]3)CC2)nc1. The zero-order valence-corrected chi connectivity index (χ0v) is 15.7. The van der Waals surface area contributed by atoms with Crippen molar-refractivity contribution >= 4 is 10.9 Å². The van der Waals surface area contributed by atoms with Gasteiger partial charge in [-0.2, -0.15) is 0 Å². The van der Waals surface area contributed by atoms with Crippen LogP contribution in [0.25, 0.3) is 10.9 Å². The fourth-order valence-electron chi connectivity index (χ4n) is 3.55. The highest BCUT2D eigenvalue weighted by Crippen LogP contribution is 2.24. The van der Waals surface area contributed by atoms with Gasteiger partial charge in [-0.25, -0.2) is 9.97 Å². The molecule has 0 saturated carbocycles. The number of fused-ring (bicyclic) bond motifs is 1.